The molecule has 0 bridgehead atoms. The quantitative estimate of drug-likeness (QED) is 0.500. The highest BCUT2D eigenvalue weighted by atomic mass is 31.1. The maximum atomic E-state index is 10.8. The number of aliphatic hydroxyl groups excluding tert-OH is 2. The molecule has 0 radical (unpaired) electrons. The number of rotatable bonds is 4. The van der Waals surface area contributed by atoms with Gasteiger partial charge in [-0.1, -0.05) is 0 Å². The maximum Gasteiger partial charge on any atom is 0.694 e. The lowest BCUT2D eigenvalue weighted by atomic mass is 9.90. The van der Waals surface area contributed by atoms with E-state index in [0.717, 1.165) is 0 Å². The molecule has 3 rings (SSSR count). The van der Waals surface area contributed by atoms with Crippen LogP contribution in [0.4, 0.5) is 5.82 Å². The third-order valence-electron chi connectivity index (χ3n) is 4.23. The first-order chi connectivity index (χ1) is 11.7. The van der Waals surface area contributed by atoms with Crippen LogP contribution in [0.2, 0.25) is 0 Å². The van der Waals surface area contributed by atoms with Crippen molar-refractivity contribution < 1.29 is 28.9 Å². The van der Waals surface area contributed by atoms with Crippen molar-refractivity contribution >= 4 is 19.6 Å². The summed E-state index contributed by atoms with van der Waals surface area (Å²) in [4.78, 5) is 12.6. The zero-order valence-corrected chi connectivity index (χ0v) is 13.9. The number of ether oxygens (including phenoxy) is 1. The van der Waals surface area contributed by atoms with Crippen LogP contribution in [0.3, 0.4) is 0 Å². The van der Waals surface area contributed by atoms with E-state index >= 15 is 0 Å². The van der Waals surface area contributed by atoms with Gasteiger partial charge < -0.3 is 20.7 Å². The van der Waals surface area contributed by atoms with Crippen LogP contribution < -0.4 is 5.73 Å². The molecule has 0 amide bonds. The molecule has 5 atom stereocenters. The van der Waals surface area contributed by atoms with Gasteiger partial charge in [0.05, 0.1) is 5.69 Å². The minimum atomic E-state index is -2.94. The van der Waals surface area contributed by atoms with Gasteiger partial charge in [0.2, 0.25) is 5.60 Å². The Balaban J connectivity index is 2.10. The van der Waals surface area contributed by atoms with Gasteiger partial charge in [-0.25, -0.2) is 9.50 Å². The summed E-state index contributed by atoms with van der Waals surface area (Å²) in [5.41, 5.74) is 2.68. The summed E-state index contributed by atoms with van der Waals surface area (Å²) in [6.45, 7) is 0.846. The lowest BCUT2D eigenvalue weighted by Gasteiger charge is -2.26. The van der Waals surface area contributed by atoms with Gasteiger partial charge >= 0.3 is 8.25 Å². The number of hydrogen-bond acceptors (Lipinski definition) is 9. The number of aromatic nitrogens is 3. The van der Waals surface area contributed by atoms with Crippen molar-refractivity contribution in [3.63, 3.8) is 0 Å². The van der Waals surface area contributed by atoms with Crippen LogP contribution in [0.5, 0.6) is 0 Å². The fourth-order valence-electron chi connectivity index (χ4n) is 2.93. The van der Waals surface area contributed by atoms with Crippen molar-refractivity contribution in [2.75, 3.05) is 12.3 Å². The zero-order valence-electron chi connectivity index (χ0n) is 13.0. The summed E-state index contributed by atoms with van der Waals surface area (Å²) in [7, 11) is -2.94. The van der Waals surface area contributed by atoms with Gasteiger partial charge in [0.15, 0.2) is 5.82 Å². The third kappa shape index (κ3) is 2.56. The standard InChI is InChI=1S/C13H14N5O6P/c1-12(5-23-25(21)22)9(19)10(20)13(4-14,24-12)8-3-2-7-11(15)16-6-17-18(7)8/h2-3,6,9-10,19-20H,5H2,1H3,(H2-,15,16,17,21,22)/p+1/t9-,10+,12+,13-/m0/s1. The molecule has 25 heavy (non-hydrogen) atoms. The number of fused-ring (bicyclic) bond motifs is 1. The highest BCUT2D eigenvalue weighted by molar-refractivity contribution is 7.32. The van der Waals surface area contributed by atoms with Crippen LogP contribution in [0.25, 0.3) is 5.52 Å². The van der Waals surface area contributed by atoms with Gasteiger partial charge in [-0.05, 0) is 19.1 Å². The van der Waals surface area contributed by atoms with Crippen molar-refractivity contribution in [3.05, 3.63) is 24.2 Å². The van der Waals surface area contributed by atoms with Gasteiger partial charge in [0.25, 0.3) is 0 Å². The van der Waals surface area contributed by atoms with E-state index in [2.05, 4.69) is 14.6 Å². The van der Waals surface area contributed by atoms with Crippen molar-refractivity contribution in [2.24, 2.45) is 0 Å². The van der Waals surface area contributed by atoms with E-state index in [4.69, 9.17) is 15.4 Å². The van der Waals surface area contributed by atoms with Crippen molar-refractivity contribution in [1.29, 1.82) is 5.26 Å². The largest absolute Gasteiger partial charge is 0.694 e. The van der Waals surface area contributed by atoms with Crippen LogP contribution in [-0.4, -0.2) is 54.1 Å². The normalized spacial score (nSPS) is 32.7. The molecule has 1 aliphatic rings. The molecule has 12 heteroatoms. The van der Waals surface area contributed by atoms with Crippen LogP contribution in [0.1, 0.15) is 12.6 Å². The lowest BCUT2D eigenvalue weighted by molar-refractivity contribution is -0.120. The fourth-order valence-corrected chi connectivity index (χ4v) is 3.29. The minimum absolute atomic E-state index is 0.128. The summed E-state index contributed by atoms with van der Waals surface area (Å²) < 4.78 is 22.4. The molecule has 0 spiro atoms. The highest BCUT2D eigenvalue weighted by Gasteiger charge is 2.63. The summed E-state index contributed by atoms with van der Waals surface area (Å²) in [5.74, 6) is 0.158. The molecule has 1 fully saturated rings. The van der Waals surface area contributed by atoms with Crippen LogP contribution in [0.15, 0.2) is 18.5 Å². The molecular formula is C13H15N5O6P+. The first kappa shape index (κ1) is 17.6. The average Bonchev–Trinajstić information content (AvgIpc) is 3.09. The Labute approximate surface area is 142 Å². The molecule has 2 aromatic rings. The molecule has 11 nitrogen and oxygen atoms in total. The van der Waals surface area contributed by atoms with E-state index in [1.807, 2.05) is 6.07 Å². The molecule has 2 aromatic heterocycles. The monoisotopic (exact) mass is 368 g/mol. The predicted octanol–water partition coefficient (Wildman–Crippen LogP) is -0.793. The molecule has 1 saturated heterocycles. The van der Waals surface area contributed by atoms with Gasteiger partial charge in [0.1, 0.15) is 42.3 Å². The van der Waals surface area contributed by atoms with Crippen molar-refractivity contribution in [2.45, 2.75) is 30.3 Å². The predicted molar refractivity (Wildman–Crippen MR) is 82.0 cm³/mol. The Kier molecular flexibility index (Phi) is 4.20. The molecule has 3 heterocycles. The maximum absolute atomic E-state index is 10.8. The number of nitriles is 1. The smallest absolute Gasteiger partial charge is 0.387 e. The molecule has 1 unspecified atom stereocenters. The van der Waals surface area contributed by atoms with Gasteiger partial charge in [-0.3, -0.25) is 0 Å². The molecule has 0 aromatic carbocycles. The first-order valence-corrected chi connectivity index (χ1v) is 8.23. The Morgan fingerprint density at radius 1 is 1.52 bits per heavy atom. The van der Waals surface area contributed by atoms with E-state index < -0.39 is 38.3 Å². The van der Waals surface area contributed by atoms with E-state index in [1.165, 1.54) is 23.8 Å². The third-order valence-corrected chi connectivity index (χ3v) is 4.58. The van der Waals surface area contributed by atoms with Crippen LogP contribution >= 0.6 is 8.25 Å². The lowest BCUT2D eigenvalue weighted by Crippen LogP contribution is -2.44. The van der Waals surface area contributed by atoms with E-state index in [9.17, 15) is 20.0 Å². The Bertz CT molecular complexity index is 883. The topological polar surface area (TPSA) is 176 Å². The molecule has 0 aliphatic carbocycles. The van der Waals surface area contributed by atoms with Crippen molar-refractivity contribution in [1.82, 2.24) is 14.6 Å². The first-order valence-electron chi connectivity index (χ1n) is 7.10. The number of nitrogen functional groups attached to an aromatic ring is 1. The molecule has 5 N–H and O–H groups in total. The fraction of sp³-hybridized carbons (Fsp3) is 0.462. The van der Waals surface area contributed by atoms with Gasteiger partial charge in [0, 0.05) is 4.57 Å². The summed E-state index contributed by atoms with van der Waals surface area (Å²) in [5, 5.41) is 34.6. The number of anilines is 1. The summed E-state index contributed by atoms with van der Waals surface area (Å²) >= 11 is 0. The van der Waals surface area contributed by atoms with Gasteiger partial charge in [-0.15, -0.1) is 9.42 Å². The number of nitrogens with zero attached hydrogens (tertiary/aromatic N) is 4. The molecule has 1 aliphatic heterocycles. The minimum Gasteiger partial charge on any atom is -0.387 e. The molecule has 132 valence electrons. The van der Waals surface area contributed by atoms with Crippen LogP contribution in [-0.2, 0) is 19.4 Å². The van der Waals surface area contributed by atoms with E-state index in [1.54, 1.807) is 6.07 Å². The Morgan fingerprint density at radius 2 is 2.24 bits per heavy atom. The second-order valence-electron chi connectivity index (χ2n) is 5.82. The molecule has 0 saturated carbocycles. The SMILES string of the molecule is C[C@]1(CO[P+](=O)O)O[C@@](C#N)(c2ccc3c(N)ncnn23)[C@H](O)[C@@H]1O. The zero-order chi connectivity index (χ0) is 18.4. The van der Waals surface area contributed by atoms with E-state index in [0.29, 0.717) is 5.52 Å². The van der Waals surface area contributed by atoms with Gasteiger partial charge in [-0.2, -0.15) is 10.4 Å². The second kappa shape index (κ2) is 5.96. The van der Waals surface area contributed by atoms with E-state index in [-0.39, 0.29) is 11.5 Å². The summed E-state index contributed by atoms with van der Waals surface area (Å²) in [6, 6.07) is 4.88. The summed E-state index contributed by atoms with van der Waals surface area (Å²) in [6.07, 6.45) is -2.06. The Morgan fingerprint density at radius 3 is 2.88 bits per heavy atom. The molecular weight excluding hydrogens is 353 g/mol. The number of hydrogen-bond donors (Lipinski definition) is 4. The number of aliphatic hydroxyl groups is 2. The Hall–Kier alpha value is -2.19. The second-order valence-corrected chi connectivity index (χ2v) is 6.56. The van der Waals surface area contributed by atoms with Crippen LogP contribution in [0, 0.1) is 11.3 Å². The number of nitrogens with two attached hydrogens (primary N) is 1. The average molecular weight is 368 g/mol. The van der Waals surface area contributed by atoms with Crippen molar-refractivity contribution in [3.8, 4) is 6.07 Å². The highest BCUT2D eigenvalue weighted by Crippen LogP contribution is 2.46.